The van der Waals surface area contributed by atoms with Gasteiger partial charge in [0.05, 0.1) is 0 Å². The molecule has 2 aromatic rings. The molecule has 0 heterocycles. The van der Waals surface area contributed by atoms with Gasteiger partial charge in [-0.3, -0.25) is 5.32 Å². The molecule has 0 aliphatic heterocycles. The minimum Gasteiger partial charge on any atom is -0.444 e. The smallest absolute Gasteiger partial charge is 0.411 e. The zero-order chi connectivity index (χ0) is 15.2. The molecule has 0 saturated carbocycles. The monoisotopic (exact) mass is 355 g/mol. The van der Waals surface area contributed by atoms with Gasteiger partial charge in [0.1, 0.15) is 6.61 Å². The molecule has 21 heavy (non-hydrogen) atoms. The predicted octanol–water partition coefficient (Wildman–Crippen LogP) is 5.14. The van der Waals surface area contributed by atoms with Crippen molar-refractivity contribution in [3.8, 4) is 0 Å². The number of halogens is 3. The number of anilines is 1. The summed E-state index contributed by atoms with van der Waals surface area (Å²) in [5.41, 5.74) is 0.916. The van der Waals surface area contributed by atoms with Crippen molar-refractivity contribution in [2.75, 3.05) is 5.32 Å². The molecule has 0 aliphatic rings. The number of hydrogen-bond acceptors (Lipinski definition) is 2. The minimum absolute atomic E-state index is 0.116. The maximum Gasteiger partial charge on any atom is 0.411 e. The summed E-state index contributed by atoms with van der Waals surface area (Å²) in [5.74, 6) is 0. The molecule has 0 saturated heterocycles. The maximum atomic E-state index is 12.7. The van der Waals surface area contributed by atoms with E-state index >= 15 is 0 Å². The van der Waals surface area contributed by atoms with Crippen LogP contribution in [0.1, 0.15) is 17.6 Å². The van der Waals surface area contributed by atoms with E-state index in [4.69, 9.17) is 4.74 Å². The molecular formula is C15H12BrF2NO2. The maximum absolute atomic E-state index is 12.7. The molecule has 0 aromatic heterocycles. The molecular weight excluding hydrogens is 344 g/mol. The summed E-state index contributed by atoms with van der Waals surface area (Å²) in [6.07, 6.45) is -3.32. The van der Waals surface area contributed by atoms with Crippen LogP contribution in [0, 0.1) is 0 Å². The first kappa shape index (κ1) is 15.4. The number of amides is 1. The zero-order valence-electron chi connectivity index (χ0n) is 10.9. The second-order valence-electron chi connectivity index (χ2n) is 4.22. The summed E-state index contributed by atoms with van der Waals surface area (Å²) >= 11 is 3.03. The summed E-state index contributed by atoms with van der Waals surface area (Å²) in [7, 11) is 0. The topological polar surface area (TPSA) is 38.3 Å². The molecule has 0 bridgehead atoms. The van der Waals surface area contributed by atoms with Crippen molar-refractivity contribution in [3.05, 3.63) is 64.1 Å². The fraction of sp³-hybridized carbons (Fsp3) is 0.133. The van der Waals surface area contributed by atoms with Crippen LogP contribution in [0.3, 0.4) is 0 Å². The molecule has 0 spiro atoms. The molecule has 2 aromatic carbocycles. The fourth-order valence-corrected chi connectivity index (χ4v) is 2.09. The Balaban J connectivity index is 1.95. The van der Waals surface area contributed by atoms with Crippen LogP contribution in [0.5, 0.6) is 0 Å². The van der Waals surface area contributed by atoms with Crippen molar-refractivity contribution in [1.82, 2.24) is 0 Å². The molecule has 6 heteroatoms. The normalized spacial score (nSPS) is 10.5. The Morgan fingerprint density at radius 3 is 2.57 bits per heavy atom. The molecule has 3 nitrogen and oxygen atoms in total. The molecule has 1 N–H and O–H groups in total. The van der Waals surface area contributed by atoms with Crippen LogP contribution < -0.4 is 5.32 Å². The van der Waals surface area contributed by atoms with Gasteiger partial charge < -0.3 is 4.74 Å². The van der Waals surface area contributed by atoms with Crippen molar-refractivity contribution in [2.45, 2.75) is 13.0 Å². The highest BCUT2D eigenvalue weighted by atomic mass is 79.9. The number of ether oxygens (including phenoxy) is 1. The van der Waals surface area contributed by atoms with E-state index in [2.05, 4.69) is 21.2 Å². The molecule has 0 atom stereocenters. The second-order valence-corrected chi connectivity index (χ2v) is 5.08. The molecule has 0 aliphatic carbocycles. The van der Waals surface area contributed by atoms with Crippen molar-refractivity contribution in [2.24, 2.45) is 0 Å². The molecule has 2 rings (SSSR count). The van der Waals surface area contributed by atoms with Gasteiger partial charge in [-0.05, 0) is 23.8 Å². The average molecular weight is 356 g/mol. The van der Waals surface area contributed by atoms with Crippen LogP contribution in [-0.4, -0.2) is 6.09 Å². The Morgan fingerprint density at radius 2 is 1.90 bits per heavy atom. The average Bonchev–Trinajstić information content (AvgIpc) is 2.48. The predicted molar refractivity (Wildman–Crippen MR) is 79.3 cm³/mol. The number of hydrogen-bond donors (Lipinski definition) is 1. The van der Waals surface area contributed by atoms with Gasteiger partial charge in [-0.15, -0.1) is 0 Å². The Labute approximate surface area is 129 Å². The van der Waals surface area contributed by atoms with Crippen LogP contribution in [0.25, 0.3) is 0 Å². The fourth-order valence-electron chi connectivity index (χ4n) is 1.67. The lowest BCUT2D eigenvalue weighted by Crippen LogP contribution is -2.13. The van der Waals surface area contributed by atoms with E-state index < -0.39 is 12.5 Å². The van der Waals surface area contributed by atoms with E-state index in [1.165, 1.54) is 18.2 Å². The summed E-state index contributed by atoms with van der Waals surface area (Å²) < 4.78 is 30.8. The summed E-state index contributed by atoms with van der Waals surface area (Å²) in [6.45, 7) is 0.116. The van der Waals surface area contributed by atoms with Crippen molar-refractivity contribution in [3.63, 3.8) is 0 Å². The van der Waals surface area contributed by atoms with Crippen LogP contribution >= 0.6 is 15.9 Å². The van der Waals surface area contributed by atoms with E-state index in [0.717, 1.165) is 5.56 Å². The van der Waals surface area contributed by atoms with E-state index in [9.17, 15) is 13.6 Å². The van der Waals surface area contributed by atoms with Crippen LogP contribution in [0.4, 0.5) is 19.3 Å². The van der Waals surface area contributed by atoms with Crippen molar-refractivity contribution >= 4 is 27.7 Å². The third kappa shape index (κ3) is 4.53. The van der Waals surface area contributed by atoms with E-state index in [0.29, 0.717) is 4.47 Å². The van der Waals surface area contributed by atoms with Crippen molar-refractivity contribution in [1.29, 1.82) is 0 Å². The third-order valence-corrected chi connectivity index (χ3v) is 3.41. The molecule has 0 unspecified atom stereocenters. The first-order chi connectivity index (χ1) is 10.1. The number of rotatable bonds is 4. The molecule has 0 radical (unpaired) electrons. The number of alkyl halides is 2. The molecule has 1 amide bonds. The van der Waals surface area contributed by atoms with Crippen LogP contribution in [0.2, 0.25) is 0 Å². The van der Waals surface area contributed by atoms with E-state index in [1.807, 2.05) is 30.3 Å². The third-order valence-electron chi connectivity index (χ3n) is 2.69. The highest BCUT2D eigenvalue weighted by Crippen LogP contribution is 2.29. The minimum atomic E-state index is -2.62. The second kappa shape index (κ2) is 7.17. The number of benzene rings is 2. The zero-order valence-corrected chi connectivity index (χ0v) is 12.4. The van der Waals surface area contributed by atoms with Crippen molar-refractivity contribution < 1.29 is 18.3 Å². The Bertz CT molecular complexity index is 620. The Morgan fingerprint density at radius 1 is 1.19 bits per heavy atom. The Hall–Kier alpha value is -1.95. The van der Waals surface area contributed by atoms with Gasteiger partial charge >= 0.3 is 6.09 Å². The van der Waals surface area contributed by atoms with Gasteiger partial charge in [0.2, 0.25) is 0 Å². The SMILES string of the molecule is O=C(Nc1ccc(Br)c(C(F)F)c1)OCc1ccccc1. The van der Waals surface area contributed by atoms with Gasteiger partial charge in [0, 0.05) is 15.7 Å². The lowest BCUT2D eigenvalue weighted by atomic mass is 10.2. The highest BCUT2D eigenvalue weighted by Gasteiger charge is 2.13. The number of carbonyl (C=O) groups excluding carboxylic acids is 1. The first-order valence-electron chi connectivity index (χ1n) is 6.11. The van der Waals surface area contributed by atoms with Gasteiger partial charge in [-0.2, -0.15) is 0 Å². The summed E-state index contributed by atoms with van der Waals surface area (Å²) in [6, 6.07) is 13.3. The van der Waals surface area contributed by atoms with E-state index in [1.54, 1.807) is 0 Å². The highest BCUT2D eigenvalue weighted by molar-refractivity contribution is 9.10. The summed E-state index contributed by atoms with van der Waals surface area (Å²) in [5, 5.41) is 2.42. The molecule has 0 fully saturated rings. The van der Waals surface area contributed by atoms with Crippen LogP contribution in [0.15, 0.2) is 53.0 Å². The Kier molecular flexibility index (Phi) is 5.27. The lowest BCUT2D eigenvalue weighted by Gasteiger charge is -2.09. The van der Waals surface area contributed by atoms with E-state index in [-0.39, 0.29) is 17.9 Å². The molecule has 110 valence electrons. The summed E-state index contributed by atoms with van der Waals surface area (Å²) in [4.78, 5) is 11.6. The number of nitrogens with one attached hydrogen (secondary N) is 1. The quantitative estimate of drug-likeness (QED) is 0.824. The van der Waals surface area contributed by atoms with Gasteiger partial charge in [0.25, 0.3) is 6.43 Å². The van der Waals surface area contributed by atoms with Gasteiger partial charge in [0.15, 0.2) is 0 Å². The van der Waals surface area contributed by atoms with Crippen LogP contribution in [-0.2, 0) is 11.3 Å². The van der Waals surface area contributed by atoms with Gasteiger partial charge in [-0.1, -0.05) is 46.3 Å². The standard InChI is InChI=1S/C15H12BrF2NO2/c16-13-7-6-11(8-12(13)14(17)18)19-15(20)21-9-10-4-2-1-3-5-10/h1-8,14H,9H2,(H,19,20). The lowest BCUT2D eigenvalue weighted by molar-refractivity contribution is 0.150. The van der Waals surface area contributed by atoms with Gasteiger partial charge in [-0.25, -0.2) is 13.6 Å². The largest absolute Gasteiger partial charge is 0.444 e. The number of carbonyl (C=O) groups is 1. The first-order valence-corrected chi connectivity index (χ1v) is 6.91.